The number of fused-ring (bicyclic) bond motifs is 2. The van der Waals surface area contributed by atoms with Crippen molar-refractivity contribution in [3.05, 3.63) is 98.6 Å². The summed E-state index contributed by atoms with van der Waals surface area (Å²) in [5.41, 5.74) is 1.38. The maximum atomic E-state index is 13.2. The lowest BCUT2D eigenvalue weighted by molar-refractivity contribution is -0.532. The summed E-state index contributed by atoms with van der Waals surface area (Å²) in [6.07, 6.45) is 0. The first-order valence-corrected chi connectivity index (χ1v) is 12.2. The molecule has 3 aromatic carbocycles. The number of hydrogen-bond donors (Lipinski definition) is 2. The third-order valence-electron chi connectivity index (χ3n) is 6.92. The molecule has 0 aliphatic carbocycles. The van der Waals surface area contributed by atoms with Crippen LogP contribution in [0.1, 0.15) is 36.5 Å². The average Bonchev–Trinajstić information content (AvgIpc) is 3.33. The molecule has 1 spiro atoms. The molecule has 0 aromatic heterocycles. The number of halogens is 1. The topological polar surface area (TPSA) is 103 Å². The van der Waals surface area contributed by atoms with Gasteiger partial charge >= 0.3 is 0 Å². The van der Waals surface area contributed by atoms with Gasteiger partial charge < -0.3 is 14.8 Å². The number of nitrogens with one attached hydrogen (secondary N) is 2. The van der Waals surface area contributed by atoms with Gasteiger partial charge in [-0.25, -0.2) is 0 Å². The van der Waals surface area contributed by atoms with Gasteiger partial charge in [-0.1, -0.05) is 48.0 Å². The van der Waals surface area contributed by atoms with Gasteiger partial charge in [0.05, 0.1) is 12.5 Å². The molecule has 2 N–H and O–H groups in total. The quantitative estimate of drug-likeness (QED) is 0.349. The highest BCUT2D eigenvalue weighted by molar-refractivity contribution is 6.30. The van der Waals surface area contributed by atoms with Crippen LogP contribution in [0.2, 0.25) is 5.02 Å². The Balaban J connectivity index is 1.50. The Morgan fingerprint density at radius 2 is 1.81 bits per heavy atom. The smallest absolute Gasteiger partial charge is 0.256 e. The zero-order valence-corrected chi connectivity index (χ0v) is 20.6. The molecule has 3 aromatic rings. The first kappa shape index (κ1) is 24.1. The number of amides is 1. The van der Waals surface area contributed by atoms with E-state index >= 15 is 0 Å². The first-order valence-electron chi connectivity index (χ1n) is 11.8. The highest BCUT2D eigenvalue weighted by Gasteiger charge is 2.67. The predicted molar refractivity (Wildman–Crippen MR) is 136 cm³/mol. The van der Waals surface area contributed by atoms with Crippen molar-refractivity contribution in [1.29, 1.82) is 0 Å². The van der Waals surface area contributed by atoms with Gasteiger partial charge in [0.2, 0.25) is 0 Å². The zero-order chi connectivity index (χ0) is 25.4. The molecule has 36 heavy (non-hydrogen) atoms. The Labute approximate surface area is 213 Å². The van der Waals surface area contributed by atoms with Gasteiger partial charge in [-0.3, -0.25) is 20.2 Å². The van der Waals surface area contributed by atoms with E-state index in [1.807, 2.05) is 32.0 Å². The Morgan fingerprint density at radius 1 is 1.06 bits per heavy atom. The van der Waals surface area contributed by atoms with Crippen molar-refractivity contribution in [2.75, 3.05) is 11.9 Å². The second-order valence-corrected chi connectivity index (χ2v) is 9.49. The van der Waals surface area contributed by atoms with Crippen molar-refractivity contribution in [2.24, 2.45) is 0 Å². The van der Waals surface area contributed by atoms with Gasteiger partial charge in [-0.15, -0.1) is 0 Å². The van der Waals surface area contributed by atoms with Crippen LogP contribution >= 0.6 is 11.6 Å². The van der Waals surface area contributed by atoms with Gasteiger partial charge in [0.1, 0.15) is 6.61 Å². The van der Waals surface area contributed by atoms with E-state index in [1.54, 1.807) is 48.5 Å². The van der Waals surface area contributed by atoms with Gasteiger partial charge in [0.25, 0.3) is 11.9 Å². The fourth-order valence-corrected chi connectivity index (χ4v) is 5.54. The van der Waals surface area contributed by atoms with Gasteiger partial charge in [0, 0.05) is 27.2 Å². The molecule has 0 radical (unpaired) electrons. The Hall–Kier alpha value is -3.62. The van der Waals surface area contributed by atoms with Crippen molar-refractivity contribution in [1.82, 2.24) is 5.32 Å². The summed E-state index contributed by atoms with van der Waals surface area (Å²) in [6.45, 7) is 4.45. The third kappa shape index (κ3) is 3.96. The molecule has 186 valence electrons. The van der Waals surface area contributed by atoms with Gasteiger partial charge in [0.15, 0.2) is 17.0 Å². The summed E-state index contributed by atoms with van der Waals surface area (Å²) in [5, 5.41) is 19.3. The lowest BCUT2D eigenvalue weighted by atomic mass is 9.78. The van der Waals surface area contributed by atoms with E-state index in [0.29, 0.717) is 46.5 Å². The number of nitrogens with zero attached hydrogens (tertiary/aromatic N) is 1. The van der Waals surface area contributed by atoms with Gasteiger partial charge in [-0.2, -0.15) is 0 Å². The highest BCUT2D eigenvalue weighted by Crippen LogP contribution is 2.50. The SMILES string of the molecule is CCOc1cc([C@@H]2[C@H](C)N[C@@]3(C(=O)Nc4ccccc43)[C@H]2[N+](=O)[O-])ccc1OCc1ccc(Cl)cc1. The van der Waals surface area contributed by atoms with E-state index in [0.717, 1.165) is 5.56 Å². The summed E-state index contributed by atoms with van der Waals surface area (Å²) >= 11 is 5.96. The van der Waals surface area contributed by atoms with Crippen LogP contribution in [-0.2, 0) is 16.9 Å². The number of anilines is 1. The van der Waals surface area contributed by atoms with Crippen LogP contribution in [0, 0.1) is 10.1 Å². The predicted octanol–water partition coefficient (Wildman–Crippen LogP) is 4.89. The number of benzene rings is 3. The molecular weight excluding hydrogens is 482 g/mol. The Bertz CT molecular complexity index is 1320. The van der Waals surface area contributed by atoms with Crippen LogP contribution in [-0.4, -0.2) is 29.5 Å². The molecule has 8 nitrogen and oxygen atoms in total. The van der Waals surface area contributed by atoms with Crippen molar-refractivity contribution >= 4 is 23.2 Å². The molecule has 0 saturated carbocycles. The number of para-hydroxylation sites is 1. The molecule has 2 heterocycles. The number of hydrogen-bond acceptors (Lipinski definition) is 6. The van der Waals surface area contributed by atoms with Crippen LogP contribution in [0.5, 0.6) is 11.5 Å². The fourth-order valence-electron chi connectivity index (χ4n) is 5.41. The largest absolute Gasteiger partial charge is 0.490 e. The molecule has 0 unspecified atom stereocenters. The maximum Gasteiger partial charge on any atom is 0.256 e. The molecule has 2 aliphatic heterocycles. The van der Waals surface area contributed by atoms with Crippen LogP contribution in [0.3, 0.4) is 0 Å². The number of rotatable bonds is 7. The summed E-state index contributed by atoms with van der Waals surface area (Å²) in [4.78, 5) is 25.4. The number of nitro groups is 1. The molecule has 2 aliphatic rings. The molecule has 0 bridgehead atoms. The first-order chi connectivity index (χ1) is 17.3. The van der Waals surface area contributed by atoms with Crippen molar-refractivity contribution in [2.45, 2.75) is 44.0 Å². The molecule has 9 heteroatoms. The normalized spacial score (nSPS) is 24.4. The average molecular weight is 508 g/mol. The number of ether oxygens (including phenoxy) is 2. The molecule has 4 atom stereocenters. The van der Waals surface area contributed by atoms with Crippen molar-refractivity contribution in [3.8, 4) is 11.5 Å². The van der Waals surface area contributed by atoms with E-state index in [-0.39, 0.29) is 11.0 Å². The highest BCUT2D eigenvalue weighted by atomic mass is 35.5. The Kier molecular flexibility index (Phi) is 6.32. The molecule has 1 saturated heterocycles. The lowest BCUT2D eigenvalue weighted by Gasteiger charge is -2.25. The molecular formula is C27H26ClN3O5. The zero-order valence-electron chi connectivity index (χ0n) is 19.9. The lowest BCUT2D eigenvalue weighted by Crippen LogP contribution is -2.54. The second-order valence-electron chi connectivity index (χ2n) is 9.05. The van der Waals surface area contributed by atoms with Crippen molar-refractivity contribution in [3.63, 3.8) is 0 Å². The summed E-state index contributed by atoms with van der Waals surface area (Å²) < 4.78 is 11.9. The van der Waals surface area contributed by atoms with Gasteiger partial charge in [-0.05, 0) is 55.3 Å². The van der Waals surface area contributed by atoms with E-state index in [2.05, 4.69) is 10.6 Å². The monoisotopic (exact) mass is 507 g/mol. The minimum Gasteiger partial charge on any atom is -0.490 e. The standard InChI is InChI=1S/C27H26ClN3O5/c1-3-35-23-14-18(10-13-22(23)36-15-17-8-11-19(28)12-9-17)24-16(2)30-27(25(24)31(33)34)20-6-4-5-7-21(20)29-26(27)32/h4-14,16,24-25,30H,3,15H2,1-2H3,(H,29,32)/t16-,24-,25-,27+/m0/s1. The Morgan fingerprint density at radius 3 is 2.53 bits per heavy atom. The van der Waals surface area contributed by atoms with E-state index in [4.69, 9.17) is 21.1 Å². The molecule has 1 fully saturated rings. The van der Waals surface area contributed by atoms with Crippen LogP contribution in [0.25, 0.3) is 0 Å². The van der Waals surface area contributed by atoms with Crippen LogP contribution < -0.4 is 20.1 Å². The van der Waals surface area contributed by atoms with E-state index < -0.39 is 23.4 Å². The van der Waals surface area contributed by atoms with Crippen LogP contribution in [0.15, 0.2) is 66.7 Å². The minimum absolute atomic E-state index is 0.315. The second kappa shape index (κ2) is 9.44. The summed E-state index contributed by atoms with van der Waals surface area (Å²) in [6, 6.07) is 18.3. The van der Waals surface area contributed by atoms with Crippen LogP contribution in [0.4, 0.5) is 5.69 Å². The van der Waals surface area contributed by atoms with E-state index in [9.17, 15) is 14.9 Å². The minimum atomic E-state index is -1.46. The number of carbonyl (C=O) groups is 1. The summed E-state index contributed by atoms with van der Waals surface area (Å²) in [5.74, 6) is 0.0371. The third-order valence-corrected chi connectivity index (χ3v) is 7.18. The van der Waals surface area contributed by atoms with Crippen molar-refractivity contribution < 1.29 is 19.2 Å². The maximum absolute atomic E-state index is 13.2. The summed E-state index contributed by atoms with van der Waals surface area (Å²) in [7, 11) is 0. The fraction of sp³-hybridized carbons (Fsp3) is 0.296. The number of carbonyl (C=O) groups excluding carboxylic acids is 1. The molecule has 1 amide bonds. The van der Waals surface area contributed by atoms with E-state index in [1.165, 1.54) is 0 Å². The molecule has 5 rings (SSSR count).